The zero-order chi connectivity index (χ0) is 22.9. The molecule has 162 valence electrons. The number of carbonyl (C=O) groups excluding carboxylic acids is 3. The molecule has 3 aromatic carbocycles. The second-order valence-corrected chi connectivity index (χ2v) is 8.02. The third-order valence-corrected chi connectivity index (χ3v) is 5.29. The van der Waals surface area contributed by atoms with E-state index in [2.05, 4.69) is 38.4 Å². The maximum atomic E-state index is 12.1. The van der Waals surface area contributed by atoms with Crippen LogP contribution in [-0.4, -0.2) is 30.5 Å². The highest BCUT2D eigenvalue weighted by Gasteiger charge is 2.10. The summed E-state index contributed by atoms with van der Waals surface area (Å²) in [5.41, 5.74) is 3.91. The molecule has 0 unspecified atom stereocenters. The van der Waals surface area contributed by atoms with Crippen LogP contribution in [0, 0.1) is 3.57 Å². The maximum Gasteiger partial charge on any atom is 0.343 e. The Morgan fingerprint density at radius 1 is 0.969 bits per heavy atom. The molecule has 0 heterocycles. The standard InChI is InChI=1S/C23H17ClIN3O4/c24-17-9-7-16(8-10-17)23(31)32-18-11-5-15(6-12-18)13-27-28-21(29)14-26-22(30)19-3-1-2-4-20(19)25/h1-13H,14H2,(H,26,30)(H,28,29)/b27-13-. The number of halogens is 2. The van der Waals surface area contributed by atoms with E-state index in [0.29, 0.717) is 27.5 Å². The van der Waals surface area contributed by atoms with Crippen LogP contribution in [0.1, 0.15) is 26.3 Å². The summed E-state index contributed by atoms with van der Waals surface area (Å²) in [6.45, 7) is -0.208. The summed E-state index contributed by atoms with van der Waals surface area (Å²) in [4.78, 5) is 36.1. The molecule has 0 aliphatic carbocycles. The van der Waals surface area contributed by atoms with Crippen molar-refractivity contribution in [3.63, 3.8) is 0 Å². The van der Waals surface area contributed by atoms with Gasteiger partial charge in [-0.3, -0.25) is 9.59 Å². The molecule has 0 saturated heterocycles. The smallest absolute Gasteiger partial charge is 0.343 e. The number of nitrogens with zero attached hydrogens (tertiary/aromatic N) is 1. The SMILES string of the molecule is O=C(CNC(=O)c1ccccc1I)N/N=C\c1ccc(OC(=O)c2ccc(Cl)cc2)cc1. The molecule has 9 heteroatoms. The van der Waals surface area contributed by atoms with Gasteiger partial charge in [0.2, 0.25) is 0 Å². The van der Waals surface area contributed by atoms with Crippen molar-refractivity contribution in [2.45, 2.75) is 0 Å². The van der Waals surface area contributed by atoms with E-state index in [-0.39, 0.29) is 12.5 Å². The van der Waals surface area contributed by atoms with E-state index in [9.17, 15) is 14.4 Å². The minimum atomic E-state index is -0.498. The van der Waals surface area contributed by atoms with Crippen molar-refractivity contribution in [3.05, 3.63) is 98.1 Å². The van der Waals surface area contributed by atoms with Crippen LogP contribution in [0.5, 0.6) is 5.75 Å². The summed E-state index contributed by atoms with van der Waals surface area (Å²) >= 11 is 7.87. The average molecular weight is 562 g/mol. The van der Waals surface area contributed by atoms with Crippen molar-refractivity contribution in [3.8, 4) is 5.75 Å². The van der Waals surface area contributed by atoms with Gasteiger partial charge in [0.15, 0.2) is 0 Å². The summed E-state index contributed by atoms with van der Waals surface area (Å²) in [5, 5.41) is 6.94. The average Bonchev–Trinajstić information content (AvgIpc) is 2.79. The van der Waals surface area contributed by atoms with Crippen molar-refractivity contribution in [1.29, 1.82) is 0 Å². The fraction of sp³-hybridized carbons (Fsp3) is 0.0435. The minimum Gasteiger partial charge on any atom is -0.423 e. The Labute approximate surface area is 202 Å². The fourth-order valence-corrected chi connectivity index (χ4v) is 3.25. The monoisotopic (exact) mass is 561 g/mol. The normalized spacial score (nSPS) is 10.6. The third-order valence-electron chi connectivity index (χ3n) is 4.10. The summed E-state index contributed by atoms with van der Waals surface area (Å²) in [5.74, 6) is -0.932. The quantitative estimate of drug-likeness (QED) is 0.150. The number of hydrogen-bond donors (Lipinski definition) is 2. The van der Waals surface area contributed by atoms with Crippen LogP contribution in [0.15, 0.2) is 77.9 Å². The largest absolute Gasteiger partial charge is 0.423 e. The molecular formula is C23H17ClIN3O4. The predicted octanol–water partition coefficient (Wildman–Crippen LogP) is 4.04. The zero-order valence-electron chi connectivity index (χ0n) is 16.5. The van der Waals surface area contributed by atoms with E-state index in [4.69, 9.17) is 16.3 Å². The first-order valence-corrected chi connectivity index (χ1v) is 10.8. The molecule has 2 N–H and O–H groups in total. The van der Waals surface area contributed by atoms with E-state index in [1.165, 1.54) is 6.21 Å². The molecule has 3 rings (SSSR count). The molecular weight excluding hydrogens is 545 g/mol. The van der Waals surface area contributed by atoms with Crippen LogP contribution in [0.4, 0.5) is 0 Å². The molecule has 0 aliphatic rings. The Hall–Kier alpha value is -3.24. The molecule has 0 fully saturated rings. The molecule has 3 aromatic rings. The maximum absolute atomic E-state index is 12.1. The van der Waals surface area contributed by atoms with Gasteiger partial charge >= 0.3 is 5.97 Å². The number of hydrogen-bond acceptors (Lipinski definition) is 5. The minimum absolute atomic E-state index is 0.208. The summed E-state index contributed by atoms with van der Waals surface area (Å²) in [6.07, 6.45) is 1.44. The van der Waals surface area contributed by atoms with Crippen LogP contribution in [0.3, 0.4) is 0 Å². The van der Waals surface area contributed by atoms with Gasteiger partial charge in [-0.25, -0.2) is 10.2 Å². The number of benzene rings is 3. The van der Waals surface area contributed by atoms with Crippen LogP contribution in [0.2, 0.25) is 5.02 Å². The highest BCUT2D eigenvalue weighted by atomic mass is 127. The second kappa shape index (κ2) is 11.4. The third kappa shape index (κ3) is 6.89. The van der Waals surface area contributed by atoms with Gasteiger partial charge in [-0.2, -0.15) is 5.10 Å². The number of esters is 1. The number of ether oxygens (including phenoxy) is 1. The van der Waals surface area contributed by atoms with Crippen LogP contribution < -0.4 is 15.5 Å². The van der Waals surface area contributed by atoms with Crippen molar-refractivity contribution < 1.29 is 19.1 Å². The Balaban J connectivity index is 1.45. The van der Waals surface area contributed by atoms with Gasteiger partial charge in [0, 0.05) is 8.59 Å². The van der Waals surface area contributed by atoms with Crippen LogP contribution >= 0.6 is 34.2 Å². The van der Waals surface area contributed by atoms with Crippen molar-refractivity contribution in [1.82, 2.24) is 10.7 Å². The molecule has 0 atom stereocenters. The van der Waals surface area contributed by atoms with Gasteiger partial charge in [-0.05, 0) is 88.8 Å². The van der Waals surface area contributed by atoms with E-state index >= 15 is 0 Å². The number of carbonyl (C=O) groups is 3. The van der Waals surface area contributed by atoms with Gasteiger partial charge in [-0.1, -0.05) is 23.7 Å². The van der Waals surface area contributed by atoms with E-state index in [1.54, 1.807) is 60.7 Å². The van der Waals surface area contributed by atoms with Crippen molar-refractivity contribution in [2.75, 3.05) is 6.54 Å². The van der Waals surface area contributed by atoms with Gasteiger partial charge in [0.1, 0.15) is 5.75 Å². The summed E-state index contributed by atoms with van der Waals surface area (Å²) < 4.78 is 6.09. The van der Waals surface area contributed by atoms with E-state index in [0.717, 1.165) is 3.57 Å². The highest BCUT2D eigenvalue weighted by molar-refractivity contribution is 14.1. The first kappa shape index (κ1) is 23.4. The van der Waals surface area contributed by atoms with Gasteiger partial charge in [0.05, 0.1) is 23.9 Å². The Kier molecular flexibility index (Phi) is 8.34. The first-order chi connectivity index (χ1) is 15.4. The van der Waals surface area contributed by atoms with Crippen molar-refractivity contribution >= 4 is 58.2 Å². The van der Waals surface area contributed by atoms with Gasteiger partial charge in [-0.15, -0.1) is 0 Å². The van der Waals surface area contributed by atoms with Gasteiger partial charge in [0.25, 0.3) is 11.8 Å². The first-order valence-electron chi connectivity index (χ1n) is 9.35. The topological polar surface area (TPSA) is 96.9 Å². The molecule has 2 amide bonds. The second-order valence-electron chi connectivity index (χ2n) is 6.42. The Bertz CT molecular complexity index is 1150. The summed E-state index contributed by atoms with van der Waals surface area (Å²) in [7, 11) is 0. The lowest BCUT2D eigenvalue weighted by Gasteiger charge is -2.06. The van der Waals surface area contributed by atoms with Crippen LogP contribution in [-0.2, 0) is 4.79 Å². The Morgan fingerprint density at radius 2 is 1.66 bits per heavy atom. The molecule has 0 aromatic heterocycles. The molecule has 0 bridgehead atoms. The fourth-order valence-electron chi connectivity index (χ4n) is 2.49. The molecule has 0 spiro atoms. The lowest BCUT2D eigenvalue weighted by molar-refractivity contribution is -0.120. The molecule has 7 nitrogen and oxygen atoms in total. The van der Waals surface area contributed by atoms with Gasteiger partial charge < -0.3 is 10.1 Å². The Morgan fingerprint density at radius 3 is 2.34 bits per heavy atom. The van der Waals surface area contributed by atoms with E-state index in [1.807, 2.05) is 12.1 Å². The zero-order valence-corrected chi connectivity index (χ0v) is 19.5. The number of nitrogens with one attached hydrogen (secondary N) is 2. The number of hydrazone groups is 1. The number of amides is 2. The highest BCUT2D eigenvalue weighted by Crippen LogP contribution is 2.15. The summed E-state index contributed by atoms with van der Waals surface area (Å²) in [6, 6.07) is 20.0. The molecule has 0 saturated carbocycles. The predicted molar refractivity (Wildman–Crippen MR) is 130 cm³/mol. The number of rotatable bonds is 7. The molecule has 0 radical (unpaired) electrons. The molecule has 32 heavy (non-hydrogen) atoms. The van der Waals surface area contributed by atoms with Crippen LogP contribution in [0.25, 0.3) is 0 Å². The lowest BCUT2D eigenvalue weighted by atomic mass is 10.2. The lowest BCUT2D eigenvalue weighted by Crippen LogP contribution is -2.35. The van der Waals surface area contributed by atoms with E-state index < -0.39 is 11.9 Å². The van der Waals surface area contributed by atoms with Crippen molar-refractivity contribution in [2.24, 2.45) is 5.10 Å². The molecule has 0 aliphatic heterocycles.